The Bertz CT molecular complexity index is 714. The molecule has 0 radical (unpaired) electrons. The Hall–Kier alpha value is -1.64. The Kier molecular flexibility index (Phi) is 6.73. The highest BCUT2D eigenvalue weighted by atomic mass is 32.2. The number of anilines is 1. The number of esters is 1. The maximum absolute atomic E-state index is 13.2. The number of ether oxygens (including phenoxy) is 2. The van der Waals surface area contributed by atoms with Crippen LogP contribution < -0.4 is 4.90 Å². The van der Waals surface area contributed by atoms with Crippen LogP contribution in [0.15, 0.2) is 18.2 Å². The summed E-state index contributed by atoms with van der Waals surface area (Å²) in [5.41, 5.74) is 2.72. The van der Waals surface area contributed by atoms with Crippen LogP contribution in [-0.2, 0) is 19.1 Å². The largest absolute Gasteiger partial charge is 0.464 e. The Morgan fingerprint density at radius 3 is 2.52 bits per heavy atom. The van der Waals surface area contributed by atoms with Crippen LogP contribution in [0.4, 0.5) is 5.69 Å². The monoisotopic (exact) mass is 408 g/mol. The molecular weight excluding hydrogens is 384 g/mol. The number of thioether (sulfide) groups is 1. The molecule has 27 heavy (non-hydrogen) atoms. The number of para-hydroxylation sites is 1. The molecular formula is C19H24N2O4S2. The Balaban J connectivity index is 1.77. The van der Waals surface area contributed by atoms with Crippen LogP contribution in [-0.4, -0.2) is 65.8 Å². The minimum absolute atomic E-state index is 0.128. The van der Waals surface area contributed by atoms with Crippen molar-refractivity contribution in [3.8, 4) is 0 Å². The quantitative estimate of drug-likeness (QED) is 0.560. The molecule has 8 heteroatoms. The van der Waals surface area contributed by atoms with Crippen molar-refractivity contribution in [3.05, 3.63) is 29.3 Å². The molecule has 0 aliphatic carbocycles. The number of nitrogens with zero attached hydrogens (tertiary/aromatic N) is 2. The van der Waals surface area contributed by atoms with Gasteiger partial charge in [0.15, 0.2) is 0 Å². The van der Waals surface area contributed by atoms with Crippen molar-refractivity contribution in [3.63, 3.8) is 0 Å². The van der Waals surface area contributed by atoms with Crippen molar-refractivity contribution < 1.29 is 19.1 Å². The number of aryl methyl sites for hydroxylation is 2. The molecule has 1 aromatic rings. The molecule has 1 atom stereocenters. The molecule has 2 aliphatic rings. The average molecular weight is 409 g/mol. The van der Waals surface area contributed by atoms with Gasteiger partial charge in [0.25, 0.3) is 0 Å². The molecule has 0 bridgehead atoms. The van der Waals surface area contributed by atoms with Gasteiger partial charge in [0.05, 0.1) is 31.3 Å². The standard InChI is InChI=1S/C19H24N2O4S2/c1-13-4-3-5-14(2)17(13)21(15-6-9-25-18(15)23)16(22)12-27-19(26)20-7-10-24-11-8-20/h3-5,15H,6-12H2,1-2H3. The predicted molar refractivity (Wildman–Crippen MR) is 110 cm³/mol. The Morgan fingerprint density at radius 2 is 1.93 bits per heavy atom. The van der Waals surface area contributed by atoms with Gasteiger partial charge in [0.1, 0.15) is 10.4 Å². The summed E-state index contributed by atoms with van der Waals surface area (Å²) in [5.74, 6) is -0.281. The summed E-state index contributed by atoms with van der Waals surface area (Å²) < 4.78 is 11.2. The number of cyclic esters (lactones) is 1. The molecule has 6 nitrogen and oxygen atoms in total. The van der Waals surface area contributed by atoms with Crippen LogP contribution in [0.25, 0.3) is 0 Å². The van der Waals surface area contributed by atoms with Crippen molar-refractivity contribution in [1.82, 2.24) is 4.90 Å². The molecule has 2 heterocycles. The molecule has 1 amide bonds. The molecule has 0 saturated carbocycles. The van der Waals surface area contributed by atoms with Gasteiger partial charge in [0, 0.05) is 19.5 Å². The van der Waals surface area contributed by atoms with Gasteiger partial charge < -0.3 is 14.4 Å². The number of hydrogen-bond donors (Lipinski definition) is 0. The van der Waals surface area contributed by atoms with E-state index < -0.39 is 6.04 Å². The van der Waals surface area contributed by atoms with Crippen molar-refractivity contribution in [2.45, 2.75) is 26.3 Å². The minimum Gasteiger partial charge on any atom is -0.464 e. The van der Waals surface area contributed by atoms with E-state index in [2.05, 4.69) is 4.90 Å². The third-order valence-electron chi connectivity index (χ3n) is 4.76. The summed E-state index contributed by atoms with van der Waals surface area (Å²) >= 11 is 6.82. The third-order valence-corrected chi connectivity index (χ3v) is 6.27. The zero-order chi connectivity index (χ0) is 19.4. The van der Waals surface area contributed by atoms with E-state index in [4.69, 9.17) is 21.7 Å². The van der Waals surface area contributed by atoms with Gasteiger partial charge in [-0.3, -0.25) is 9.69 Å². The van der Waals surface area contributed by atoms with E-state index in [1.165, 1.54) is 11.8 Å². The van der Waals surface area contributed by atoms with Gasteiger partial charge in [-0.15, -0.1) is 0 Å². The van der Waals surface area contributed by atoms with E-state index in [0.717, 1.165) is 29.9 Å². The molecule has 0 spiro atoms. The fourth-order valence-corrected chi connectivity index (χ4v) is 4.50. The van der Waals surface area contributed by atoms with E-state index in [0.29, 0.717) is 30.6 Å². The number of rotatable bonds is 4. The van der Waals surface area contributed by atoms with E-state index in [1.807, 2.05) is 32.0 Å². The van der Waals surface area contributed by atoms with E-state index in [-0.39, 0.29) is 17.6 Å². The van der Waals surface area contributed by atoms with Crippen LogP contribution in [0, 0.1) is 13.8 Å². The van der Waals surface area contributed by atoms with Gasteiger partial charge in [-0.2, -0.15) is 0 Å². The van der Waals surface area contributed by atoms with Gasteiger partial charge in [-0.1, -0.05) is 42.2 Å². The van der Waals surface area contributed by atoms with Crippen LogP contribution in [0.5, 0.6) is 0 Å². The SMILES string of the molecule is Cc1cccc(C)c1N(C(=O)CSC(=S)N1CCOCC1)C1CCOC1=O. The topological polar surface area (TPSA) is 59.1 Å². The molecule has 2 fully saturated rings. The zero-order valence-electron chi connectivity index (χ0n) is 15.6. The lowest BCUT2D eigenvalue weighted by atomic mass is 10.0. The lowest BCUT2D eigenvalue weighted by molar-refractivity contribution is -0.140. The minimum atomic E-state index is -0.574. The second-order valence-electron chi connectivity index (χ2n) is 6.63. The highest BCUT2D eigenvalue weighted by Gasteiger charge is 2.37. The molecule has 146 valence electrons. The maximum atomic E-state index is 13.2. The van der Waals surface area contributed by atoms with Crippen LogP contribution >= 0.6 is 24.0 Å². The van der Waals surface area contributed by atoms with E-state index in [9.17, 15) is 9.59 Å². The zero-order valence-corrected chi connectivity index (χ0v) is 17.2. The number of amides is 1. The summed E-state index contributed by atoms with van der Waals surface area (Å²) in [6, 6.07) is 5.28. The van der Waals surface area contributed by atoms with Crippen LogP contribution in [0.1, 0.15) is 17.5 Å². The maximum Gasteiger partial charge on any atom is 0.329 e. The van der Waals surface area contributed by atoms with Gasteiger partial charge >= 0.3 is 5.97 Å². The Morgan fingerprint density at radius 1 is 1.26 bits per heavy atom. The fourth-order valence-electron chi connectivity index (χ4n) is 3.39. The van der Waals surface area contributed by atoms with E-state index >= 15 is 0 Å². The van der Waals surface area contributed by atoms with Crippen molar-refractivity contribution in [2.75, 3.05) is 43.6 Å². The summed E-state index contributed by atoms with van der Waals surface area (Å²) in [7, 11) is 0. The summed E-state index contributed by atoms with van der Waals surface area (Å²) in [6.45, 7) is 7.04. The summed E-state index contributed by atoms with van der Waals surface area (Å²) in [5, 5.41) is 0. The number of benzene rings is 1. The van der Waals surface area contributed by atoms with Crippen LogP contribution in [0.3, 0.4) is 0 Å². The first kappa shape index (κ1) is 20.1. The second kappa shape index (κ2) is 9.03. The number of hydrogen-bond acceptors (Lipinski definition) is 6. The molecule has 1 aromatic carbocycles. The first-order valence-electron chi connectivity index (χ1n) is 9.03. The van der Waals surface area contributed by atoms with Gasteiger partial charge in [-0.25, -0.2) is 4.79 Å². The number of carbonyl (C=O) groups excluding carboxylic acids is 2. The Labute approximate surface area is 169 Å². The van der Waals surface area contributed by atoms with Crippen molar-refractivity contribution >= 4 is 45.9 Å². The summed E-state index contributed by atoms with van der Waals surface area (Å²) in [6.07, 6.45) is 0.511. The molecule has 0 N–H and O–H groups in total. The molecule has 3 rings (SSSR count). The number of morpholine rings is 1. The first-order valence-corrected chi connectivity index (χ1v) is 10.4. The first-order chi connectivity index (χ1) is 13.0. The number of thiocarbonyl (C=S) groups is 1. The van der Waals surface area contributed by atoms with Crippen molar-refractivity contribution in [2.24, 2.45) is 0 Å². The van der Waals surface area contributed by atoms with Gasteiger partial charge in [0.2, 0.25) is 5.91 Å². The number of carbonyl (C=O) groups is 2. The lowest BCUT2D eigenvalue weighted by Gasteiger charge is -2.31. The van der Waals surface area contributed by atoms with Gasteiger partial charge in [-0.05, 0) is 25.0 Å². The molecule has 2 saturated heterocycles. The van der Waals surface area contributed by atoms with Crippen LogP contribution in [0.2, 0.25) is 0 Å². The highest BCUT2D eigenvalue weighted by molar-refractivity contribution is 8.23. The lowest BCUT2D eigenvalue weighted by Crippen LogP contribution is -2.45. The predicted octanol–water partition coefficient (Wildman–Crippen LogP) is 2.30. The molecule has 0 aromatic heterocycles. The fraction of sp³-hybridized carbons (Fsp3) is 0.526. The normalized spacial score (nSPS) is 19.7. The van der Waals surface area contributed by atoms with E-state index in [1.54, 1.807) is 4.90 Å². The third kappa shape index (κ3) is 4.62. The highest BCUT2D eigenvalue weighted by Crippen LogP contribution is 2.30. The summed E-state index contributed by atoms with van der Waals surface area (Å²) in [4.78, 5) is 29.1. The molecule has 2 aliphatic heterocycles. The smallest absolute Gasteiger partial charge is 0.329 e. The van der Waals surface area contributed by atoms with Crippen molar-refractivity contribution in [1.29, 1.82) is 0 Å². The average Bonchev–Trinajstić information content (AvgIpc) is 3.08. The second-order valence-corrected chi connectivity index (χ2v) is 8.24. The molecule has 1 unspecified atom stereocenters.